The minimum Gasteiger partial charge on any atom is -0.490 e. The number of esters is 1. The molecule has 4 aromatic carbocycles. The van der Waals surface area contributed by atoms with E-state index >= 15 is 0 Å². The predicted molar refractivity (Wildman–Crippen MR) is 157 cm³/mol. The summed E-state index contributed by atoms with van der Waals surface area (Å²) in [6.45, 7) is 1.44. The lowest BCUT2D eigenvalue weighted by molar-refractivity contribution is -0.139. The van der Waals surface area contributed by atoms with Gasteiger partial charge in [0.2, 0.25) is 0 Å². The van der Waals surface area contributed by atoms with Crippen molar-refractivity contribution in [2.24, 2.45) is 0 Å². The third-order valence-electron chi connectivity index (χ3n) is 6.66. The Kier molecular flexibility index (Phi) is 8.69. The molecule has 0 fully saturated rings. The second kappa shape index (κ2) is 12.9. The van der Waals surface area contributed by atoms with Crippen molar-refractivity contribution in [1.29, 1.82) is 0 Å². The van der Waals surface area contributed by atoms with Crippen molar-refractivity contribution >= 4 is 23.3 Å². The average molecular weight is 553 g/mol. The highest BCUT2D eigenvalue weighted by atomic mass is 16.5. The number of nitrogens with one attached hydrogen (secondary N) is 1. The van der Waals surface area contributed by atoms with E-state index in [2.05, 4.69) is 10.2 Å². The van der Waals surface area contributed by atoms with Crippen LogP contribution in [0.15, 0.2) is 97.1 Å². The summed E-state index contributed by atoms with van der Waals surface area (Å²) in [6.07, 6.45) is 0.108. The van der Waals surface area contributed by atoms with Crippen LogP contribution in [-0.2, 0) is 22.6 Å². The molecule has 0 aromatic heterocycles. The Hall–Kier alpha value is -4.98. The van der Waals surface area contributed by atoms with Gasteiger partial charge in [0.05, 0.1) is 25.8 Å². The number of carbonyl (C=O) groups is 2. The van der Waals surface area contributed by atoms with Gasteiger partial charge in [-0.05, 0) is 59.7 Å². The summed E-state index contributed by atoms with van der Waals surface area (Å²) in [5.74, 6) is 1.60. The number of anilines is 2. The van der Waals surface area contributed by atoms with Gasteiger partial charge < -0.3 is 29.2 Å². The Balaban J connectivity index is 1.12. The normalized spacial score (nSPS) is 13.9. The van der Waals surface area contributed by atoms with Crippen molar-refractivity contribution < 1.29 is 28.5 Å². The molecule has 0 unspecified atom stereocenters. The molecule has 1 amide bonds. The summed E-state index contributed by atoms with van der Waals surface area (Å²) in [6, 6.07) is 29.8. The minimum absolute atomic E-state index is 0.101. The zero-order chi connectivity index (χ0) is 28.6. The van der Waals surface area contributed by atoms with Crippen molar-refractivity contribution in [3.8, 4) is 17.2 Å². The van der Waals surface area contributed by atoms with Gasteiger partial charge in [0.15, 0.2) is 0 Å². The number of para-hydroxylation sites is 2. The summed E-state index contributed by atoms with van der Waals surface area (Å²) in [5.41, 5.74) is 3.98. The highest BCUT2D eigenvalue weighted by molar-refractivity contribution is 6.04. The van der Waals surface area contributed by atoms with E-state index in [-0.39, 0.29) is 24.4 Å². The summed E-state index contributed by atoms with van der Waals surface area (Å²) in [4.78, 5) is 26.6. The maximum absolute atomic E-state index is 12.9. The van der Waals surface area contributed by atoms with Crippen LogP contribution in [0.1, 0.15) is 21.5 Å². The maximum atomic E-state index is 12.9. The van der Waals surface area contributed by atoms with Crippen LogP contribution < -0.4 is 24.4 Å². The first-order valence-electron chi connectivity index (χ1n) is 13.4. The van der Waals surface area contributed by atoms with E-state index in [1.54, 1.807) is 36.4 Å². The number of nitrogens with zero attached hydrogens (tertiary/aromatic N) is 1. The van der Waals surface area contributed by atoms with E-state index < -0.39 is 0 Å². The van der Waals surface area contributed by atoms with Gasteiger partial charge in [0, 0.05) is 24.4 Å². The zero-order valence-corrected chi connectivity index (χ0v) is 23.0. The molecule has 1 aliphatic heterocycles. The van der Waals surface area contributed by atoms with Gasteiger partial charge in [-0.1, -0.05) is 42.5 Å². The lowest BCUT2D eigenvalue weighted by Crippen LogP contribution is -2.41. The number of ether oxygens (including phenoxy) is 4. The third kappa shape index (κ3) is 7.36. The fourth-order valence-corrected chi connectivity index (χ4v) is 4.57. The molecular formula is C33H32N2O6. The van der Waals surface area contributed by atoms with Gasteiger partial charge in [0.25, 0.3) is 5.91 Å². The molecule has 0 saturated heterocycles. The Labute approximate surface area is 239 Å². The summed E-state index contributed by atoms with van der Waals surface area (Å²) >= 11 is 0. The van der Waals surface area contributed by atoms with E-state index in [1.165, 1.54) is 7.11 Å². The Morgan fingerprint density at radius 3 is 2.49 bits per heavy atom. The van der Waals surface area contributed by atoms with Gasteiger partial charge in [-0.2, -0.15) is 0 Å². The second-order valence-electron chi connectivity index (χ2n) is 9.77. The van der Waals surface area contributed by atoms with Gasteiger partial charge in [-0.15, -0.1) is 0 Å². The monoisotopic (exact) mass is 552 g/mol. The molecule has 8 heteroatoms. The van der Waals surface area contributed by atoms with E-state index in [4.69, 9.17) is 18.9 Å². The van der Waals surface area contributed by atoms with Crippen LogP contribution in [0, 0.1) is 0 Å². The van der Waals surface area contributed by atoms with Crippen LogP contribution in [0.4, 0.5) is 11.4 Å². The van der Waals surface area contributed by atoms with Crippen LogP contribution in [0.3, 0.4) is 0 Å². The zero-order valence-electron chi connectivity index (χ0n) is 23.0. The third-order valence-corrected chi connectivity index (χ3v) is 6.66. The SMILES string of the molecule is COC(=O)Cc1cccc(COc2cccc(NC(=O)c3ccc(OC[C@@H]4CN(C)c5ccccc5O4)cc3)c2)c1. The van der Waals surface area contributed by atoms with Crippen LogP contribution in [0.25, 0.3) is 0 Å². The second-order valence-corrected chi connectivity index (χ2v) is 9.77. The minimum atomic E-state index is -0.290. The molecule has 1 atom stereocenters. The van der Waals surface area contributed by atoms with Crippen LogP contribution in [0.2, 0.25) is 0 Å². The average Bonchev–Trinajstić information content (AvgIpc) is 2.99. The first-order valence-corrected chi connectivity index (χ1v) is 13.4. The number of rotatable bonds is 10. The van der Waals surface area contributed by atoms with E-state index in [0.29, 0.717) is 36.0 Å². The molecule has 210 valence electrons. The van der Waals surface area contributed by atoms with E-state index in [9.17, 15) is 9.59 Å². The van der Waals surface area contributed by atoms with Gasteiger partial charge in [0.1, 0.15) is 36.6 Å². The molecule has 8 nitrogen and oxygen atoms in total. The largest absolute Gasteiger partial charge is 0.490 e. The highest BCUT2D eigenvalue weighted by Crippen LogP contribution is 2.32. The van der Waals surface area contributed by atoms with Gasteiger partial charge >= 0.3 is 5.97 Å². The van der Waals surface area contributed by atoms with Crippen molar-refractivity contribution in [3.63, 3.8) is 0 Å². The van der Waals surface area contributed by atoms with Crippen LogP contribution >= 0.6 is 0 Å². The van der Waals surface area contributed by atoms with Crippen LogP contribution in [-0.4, -0.2) is 45.3 Å². The topological polar surface area (TPSA) is 86.3 Å². The molecule has 1 aliphatic rings. The standard InChI is InChI=1S/C33H32N2O6/c1-35-20-29(41-31-12-4-3-11-30(31)35)22-40-27-15-13-25(14-16-27)33(37)34-26-9-6-10-28(19-26)39-21-24-8-5-7-23(17-24)18-32(36)38-2/h3-17,19,29H,18,20-22H2,1-2H3,(H,34,37)/t29-/m0/s1. The van der Waals surface area contributed by atoms with Crippen LogP contribution in [0.5, 0.6) is 17.2 Å². The lowest BCUT2D eigenvalue weighted by Gasteiger charge is -2.33. The first-order chi connectivity index (χ1) is 20.0. The number of carbonyl (C=O) groups excluding carboxylic acids is 2. The lowest BCUT2D eigenvalue weighted by atomic mass is 10.1. The van der Waals surface area contributed by atoms with Gasteiger partial charge in [-0.25, -0.2) is 0 Å². The fourth-order valence-electron chi connectivity index (χ4n) is 4.57. The Morgan fingerprint density at radius 2 is 1.66 bits per heavy atom. The van der Waals surface area contributed by atoms with E-state index in [0.717, 1.165) is 29.1 Å². The number of hydrogen-bond acceptors (Lipinski definition) is 7. The summed E-state index contributed by atoms with van der Waals surface area (Å²) in [5, 5.41) is 2.91. The quantitative estimate of drug-likeness (QED) is 0.260. The number of amides is 1. The van der Waals surface area contributed by atoms with E-state index in [1.807, 2.05) is 67.7 Å². The number of benzene rings is 4. The molecule has 0 saturated carbocycles. The van der Waals surface area contributed by atoms with Crippen molar-refractivity contribution in [1.82, 2.24) is 0 Å². The molecule has 4 aromatic rings. The van der Waals surface area contributed by atoms with Gasteiger partial charge in [-0.3, -0.25) is 9.59 Å². The van der Waals surface area contributed by atoms with Crippen molar-refractivity contribution in [2.75, 3.05) is 37.5 Å². The molecule has 1 heterocycles. The molecule has 41 heavy (non-hydrogen) atoms. The fraction of sp³-hybridized carbons (Fsp3) is 0.212. The smallest absolute Gasteiger partial charge is 0.309 e. The Bertz CT molecular complexity index is 1500. The maximum Gasteiger partial charge on any atom is 0.309 e. The highest BCUT2D eigenvalue weighted by Gasteiger charge is 2.23. The number of methoxy groups -OCH3 is 1. The van der Waals surface area contributed by atoms with Crippen molar-refractivity contribution in [3.05, 3.63) is 114 Å². The number of fused-ring (bicyclic) bond motifs is 1. The first kappa shape index (κ1) is 27.6. The summed E-state index contributed by atoms with van der Waals surface area (Å²) in [7, 11) is 3.41. The molecule has 0 aliphatic carbocycles. The number of likely N-dealkylation sites (N-methyl/N-ethyl adjacent to an activating group) is 1. The molecule has 1 N–H and O–H groups in total. The molecule has 0 spiro atoms. The predicted octanol–water partition coefficient (Wildman–Crippen LogP) is 5.51. The molecule has 0 bridgehead atoms. The number of hydrogen-bond donors (Lipinski definition) is 1. The summed E-state index contributed by atoms with van der Waals surface area (Å²) < 4.78 is 22.7. The van der Waals surface area contributed by atoms with Crippen molar-refractivity contribution in [2.45, 2.75) is 19.1 Å². The Morgan fingerprint density at radius 1 is 0.878 bits per heavy atom. The molecule has 0 radical (unpaired) electrons. The molecular weight excluding hydrogens is 520 g/mol. The molecule has 5 rings (SSSR count).